The van der Waals surface area contributed by atoms with Gasteiger partial charge in [-0.25, -0.2) is 4.99 Å². The molecule has 0 radical (unpaired) electrons. The highest BCUT2D eigenvalue weighted by Gasteiger charge is 2.23. The van der Waals surface area contributed by atoms with Crippen molar-refractivity contribution in [2.75, 3.05) is 18.5 Å². The predicted molar refractivity (Wildman–Crippen MR) is 121 cm³/mol. The normalized spacial score (nSPS) is 16.4. The van der Waals surface area contributed by atoms with Crippen LogP contribution in [0.4, 0.5) is 5.69 Å². The molecular formula is C23H33N5O3. The van der Waals surface area contributed by atoms with Crippen LogP contribution < -0.4 is 16.0 Å². The quantitative estimate of drug-likeness (QED) is 0.420. The molecule has 0 aliphatic carbocycles. The molecule has 0 bridgehead atoms. The van der Waals surface area contributed by atoms with Gasteiger partial charge in [0.15, 0.2) is 5.96 Å². The highest BCUT2D eigenvalue weighted by atomic mass is 16.5. The minimum atomic E-state index is -0.343. The molecular weight excluding hydrogens is 394 g/mol. The summed E-state index contributed by atoms with van der Waals surface area (Å²) in [5, 5.41) is 13.8. The first-order valence-electron chi connectivity index (χ1n) is 11.1. The number of aliphatic imine (C=N–C) groups is 1. The Balaban J connectivity index is 1.62. The number of guanidine groups is 1. The second-order valence-electron chi connectivity index (χ2n) is 7.48. The van der Waals surface area contributed by atoms with E-state index in [0.29, 0.717) is 19.7 Å². The van der Waals surface area contributed by atoms with Crippen molar-refractivity contribution in [3.05, 3.63) is 46.8 Å². The van der Waals surface area contributed by atoms with Gasteiger partial charge in [0, 0.05) is 37.4 Å². The van der Waals surface area contributed by atoms with Crippen molar-refractivity contribution >= 4 is 17.6 Å². The topological polar surface area (TPSA) is 101 Å². The smallest absolute Gasteiger partial charge is 0.253 e. The maximum absolute atomic E-state index is 12.3. The van der Waals surface area contributed by atoms with Crippen molar-refractivity contribution in [2.45, 2.75) is 65.6 Å². The fourth-order valence-corrected chi connectivity index (χ4v) is 3.58. The van der Waals surface area contributed by atoms with Crippen molar-refractivity contribution in [1.29, 1.82) is 0 Å². The molecule has 1 fully saturated rings. The molecule has 1 atom stereocenters. The van der Waals surface area contributed by atoms with Gasteiger partial charge in [-0.3, -0.25) is 4.79 Å². The number of carbonyl (C=O) groups is 1. The molecule has 0 spiro atoms. The molecule has 1 aromatic carbocycles. The lowest BCUT2D eigenvalue weighted by molar-refractivity contribution is -0.124. The number of carbonyl (C=O) groups excluding carboxylic acids is 1. The van der Waals surface area contributed by atoms with Crippen LogP contribution in [0.2, 0.25) is 0 Å². The van der Waals surface area contributed by atoms with E-state index in [-0.39, 0.29) is 12.0 Å². The van der Waals surface area contributed by atoms with Crippen LogP contribution in [0.3, 0.4) is 0 Å². The Morgan fingerprint density at radius 3 is 2.81 bits per heavy atom. The Morgan fingerprint density at radius 1 is 1.23 bits per heavy atom. The van der Waals surface area contributed by atoms with E-state index in [9.17, 15) is 4.79 Å². The second-order valence-corrected chi connectivity index (χ2v) is 7.48. The number of ether oxygens (including phenoxy) is 1. The van der Waals surface area contributed by atoms with E-state index in [2.05, 4.69) is 35.0 Å². The highest BCUT2D eigenvalue weighted by molar-refractivity contribution is 5.94. The number of amides is 1. The van der Waals surface area contributed by atoms with E-state index in [4.69, 9.17) is 14.3 Å². The summed E-state index contributed by atoms with van der Waals surface area (Å²) >= 11 is 0. The van der Waals surface area contributed by atoms with E-state index in [1.165, 1.54) is 0 Å². The van der Waals surface area contributed by atoms with E-state index in [1.54, 1.807) is 0 Å². The molecule has 2 aromatic rings. The van der Waals surface area contributed by atoms with Crippen molar-refractivity contribution in [3.63, 3.8) is 0 Å². The van der Waals surface area contributed by atoms with Gasteiger partial charge in [0.25, 0.3) is 5.91 Å². The van der Waals surface area contributed by atoms with Crippen LogP contribution in [0.1, 0.15) is 56.2 Å². The molecule has 1 unspecified atom stereocenters. The molecule has 2 heterocycles. The summed E-state index contributed by atoms with van der Waals surface area (Å²) in [6, 6.07) is 7.76. The number of aromatic nitrogens is 1. The van der Waals surface area contributed by atoms with Crippen LogP contribution in [-0.4, -0.2) is 36.3 Å². The number of anilines is 1. The summed E-state index contributed by atoms with van der Waals surface area (Å²) in [4.78, 5) is 17.0. The number of benzene rings is 1. The first-order valence-corrected chi connectivity index (χ1v) is 11.1. The van der Waals surface area contributed by atoms with E-state index in [1.807, 2.05) is 31.2 Å². The zero-order chi connectivity index (χ0) is 22.1. The van der Waals surface area contributed by atoms with Crippen LogP contribution in [-0.2, 0) is 35.5 Å². The fourth-order valence-electron chi connectivity index (χ4n) is 3.58. The van der Waals surface area contributed by atoms with Crippen molar-refractivity contribution in [1.82, 2.24) is 15.8 Å². The van der Waals surface area contributed by atoms with Crippen molar-refractivity contribution in [2.24, 2.45) is 4.99 Å². The first-order chi connectivity index (χ1) is 15.1. The standard InChI is InChI=1S/C23H33N5O3/c1-4-19-18(20(5-2)31-28-19)15-26-23(24-6-3)25-14-16-9-7-10-17(13-16)27-22(29)21-11-8-12-30-21/h7,9-10,13,21H,4-6,8,11-12,14-15H2,1-3H3,(H,27,29)(H2,24,25,26). The molecule has 1 aliphatic rings. The fraction of sp³-hybridized carbons (Fsp3) is 0.522. The Bertz CT molecular complexity index is 866. The van der Waals surface area contributed by atoms with Crippen molar-refractivity contribution < 1.29 is 14.1 Å². The second kappa shape index (κ2) is 11.5. The molecule has 1 aromatic heterocycles. The predicted octanol–water partition coefficient (Wildman–Crippen LogP) is 3.17. The third kappa shape index (κ3) is 6.30. The summed E-state index contributed by atoms with van der Waals surface area (Å²) in [5.74, 6) is 1.55. The molecule has 8 heteroatoms. The molecule has 1 saturated heterocycles. The summed E-state index contributed by atoms with van der Waals surface area (Å²) in [6.45, 7) is 8.68. The largest absolute Gasteiger partial charge is 0.368 e. The first kappa shape index (κ1) is 22.8. The van der Waals surface area contributed by atoms with E-state index >= 15 is 0 Å². The number of aryl methyl sites for hydroxylation is 2. The summed E-state index contributed by atoms with van der Waals surface area (Å²) in [5.41, 5.74) is 3.86. The van der Waals surface area contributed by atoms with Crippen LogP contribution >= 0.6 is 0 Å². The van der Waals surface area contributed by atoms with E-state index in [0.717, 1.165) is 66.5 Å². The van der Waals surface area contributed by atoms with Gasteiger partial charge in [0.2, 0.25) is 0 Å². The van der Waals surface area contributed by atoms with E-state index < -0.39 is 0 Å². The molecule has 31 heavy (non-hydrogen) atoms. The summed E-state index contributed by atoms with van der Waals surface area (Å²) in [6.07, 6.45) is 3.01. The SMILES string of the molecule is CCNC(=NCc1cccc(NC(=O)C2CCCO2)c1)NCc1c(CC)noc1CC. The summed E-state index contributed by atoms with van der Waals surface area (Å²) in [7, 11) is 0. The average molecular weight is 428 g/mol. The summed E-state index contributed by atoms with van der Waals surface area (Å²) < 4.78 is 10.9. The number of rotatable bonds is 9. The van der Waals surface area contributed by atoms with Crippen molar-refractivity contribution in [3.8, 4) is 0 Å². The van der Waals surface area contributed by atoms with Gasteiger partial charge in [-0.2, -0.15) is 0 Å². The molecule has 168 valence electrons. The Labute approximate surface area is 183 Å². The Hall–Kier alpha value is -2.87. The lowest BCUT2D eigenvalue weighted by atomic mass is 10.1. The monoisotopic (exact) mass is 427 g/mol. The third-order valence-electron chi connectivity index (χ3n) is 5.22. The highest BCUT2D eigenvalue weighted by Crippen LogP contribution is 2.17. The van der Waals surface area contributed by atoms with Gasteiger partial charge < -0.3 is 25.2 Å². The lowest BCUT2D eigenvalue weighted by Gasteiger charge is -2.13. The van der Waals surface area contributed by atoms with Crippen LogP contribution in [0.25, 0.3) is 0 Å². The maximum Gasteiger partial charge on any atom is 0.253 e. The molecule has 0 saturated carbocycles. The zero-order valence-corrected chi connectivity index (χ0v) is 18.7. The van der Waals surface area contributed by atoms with Gasteiger partial charge in [-0.15, -0.1) is 0 Å². The van der Waals surface area contributed by atoms with Crippen LogP contribution in [0, 0.1) is 0 Å². The lowest BCUT2D eigenvalue weighted by Crippen LogP contribution is -2.37. The third-order valence-corrected chi connectivity index (χ3v) is 5.22. The zero-order valence-electron chi connectivity index (χ0n) is 18.7. The molecule has 1 amide bonds. The Kier molecular flexibility index (Phi) is 8.46. The Morgan fingerprint density at radius 2 is 2.10 bits per heavy atom. The van der Waals surface area contributed by atoms with Gasteiger partial charge >= 0.3 is 0 Å². The van der Waals surface area contributed by atoms with Gasteiger partial charge in [-0.05, 0) is 43.9 Å². The number of hydrogen-bond donors (Lipinski definition) is 3. The molecule has 3 rings (SSSR count). The minimum Gasteiger partial charge on any atom is -0.368 e. The average Bonchev–Trinajstić information content (AvgIpc) is 3.45. The van der Waals surface area contributed by atoms with Gasteiger partial charge in [0.05, 0.1) is 12.2 Å². The van der Waals surface area contributed by atoms with Gasteiger partial charge in [-0.1, -0.05) is 31.1 Å². The number of nitrogens with one attached hydrogen (secondary N) is 3. The van der Waals surface area contributed by atoms with Crippen LogP contribution in [0.15, 0.2) is 33.8 Å². The van der Waals surface area contributed by atoms with Gasteiger partial charge in [0.1, 0.15) is 11.9 Å². The number of nitrogens with zero attached hydrogens (tertiary/aromatic N) is 2. The maximum atomic E-state index is 12.3. The molecule has 3 N–H and O–H groups in total. The van der Waals surface area contributed by atoms with Crippen LogP contribution in [0.5, 0.6) is 0 Å². The molecule has 8 nitrogen and oxygen atoms in total. The number of hydrogen-bond acceptors (Lipinski definition) is 5. The molecule has 1 aliphatic heterocycles. The minimum absolute atomic E-state index is 0.0830.